The van der Waals surface area contributed by atoms with Crippen LogP contribution < -0.4 is 4.90 Å². The number of ether oxygens (including phenoxy) is 2. The topological polar surface area (TPSA) is 45.3 Å². The highest BCUT2D eigenvalue weighted by Crippen LogP contribution is 2.36. The molecule has 2 aromatic carbocycles. The summed E-state index contributed by atoms with van der Waals surface area (Å²) in [5.41, 5.74) is 5.09. The van der Waals surface area contributed by atoms with Crippen LogP contribution in [-0.2, 0) is 9.47 Å². The molecule has 0 aromatic heterocycles. The third-order valence-electron chi connectivity index (χ3n) is 6.11. The molecule has 32 heavy (non-hydrogen) atoms. The van der Waals surface area contributed by atoms with Crippen molar-refractivity contribution in [2.45, 2.75) is 13.3 Å². The SMILES string of the molecule is CCOC(=O)OCCN1CCN(CCCN2c3ccccc3C=Cc3ccccc32)CC1. The van der Waals surface area contributed by atoms with Crippen molar-refractivity contribution in [2.24, 2.45) is 0 Å². The summed E-state index contributed by atoms with van der Waals surface area (Å²) in [4.78, 5) is 18.6. The molecule has 6 heteroatoms. The highest BCUT2D eigenvalue weighted by molar-refractivity contribution is 5.88. The van der Waals surface area contributed by atoms with Gasteiger partial charge < -0.3 is 19.3 Å². The maximum atomic E-state index is 11.3. The van der Waals surface area contributed by atoms with E-state index in [1.54, 1.807) is 6.92 Å². The molecule has 0 atom stereocenters. The molecule has 1 fully saturated rings. The normalized spacial score (nSPS) is 16.2. The zero-order valence-electron chi connectivity index (χ0n) is 18.9. The number of benzene rings is 2. The second-order valence-electron chi connectivity index (χ2n) is 8.17. The van der Waals surface area contributed by atoms with Gasteiger partial charge in [0.1, 0.15) is 6.61 Å². The molecular weight excluding hydrogens is 402 g/mol. The van der Waals surface area contributed by atoms with Gasteiger partial charge >= 0.3 is 6.16 Å². The predicted molar refractivity (Wildman–Crippen MR) is 129 cm³/mol. The van der Waals surface area contributed by atoms with Crippen molar-refractivity contribution >= 4 is 29.7 Å². The minimum Gasteiger partial charge on any atom is -0.435 e. The minimum absolute atomic E-state index is 0.350. The summed E-state index contributed by atoms with van der Waals surface area (Å²) in [6.07, 6.45) is 4.98. The number of para-hydroxylation sites is 2. The molecule has 0 amide bonds. The highest BCUT2D eigenvalue weighted by atomic mass is 16.7. The summed E-state index contributed by atoms with van der Waals surface area (Å²) < 4.78 is 9.88. The van der Waals surface area contributed by atoms with Crippen LogP contribution in [0.15, 0.2) is 48.5 Å². The molecule has 170 valence electrons. The Morgan fingerprint density at radius 1 is 0.781 bits per heavy atom. The lowest BCUT2D eigenvalue weighted by Crippen LogP contribution is -2.47. The Bertz CT molecular complexity index is 873. The van der Waals surface area contributed by atoms with E-state index in [-0.39, 0.29) is 0 Å². The fraction of sp³-hybridized carbons (Fsp3) is 0.423. The lowest BCUT2D eigenvalue weighted by molar-refractivity contribution is 0.0447. The van der Waals surface area contributed by atoms with Gasteiger partial charge in [0.15, 0.2) is 0 Å². The molecule has 0 radical (unpaired) electrons. The van der Waals surface area contributed by atoms with E-state index in [9.17, 15) is 4.79 Å². The summed E-state index contributed by atoms with van der Waals surface area (Å²) in [6.45, 7) is 9.47. The summed E-state index contributed by atoms with van der Waals surface area (Å²) in [5.74, 6) is 0. The molecule has 0 bridgehead atoms. The van der Waals surface area contributed by atoms with Gasteiger partial charge in [-0.1, -0.05) is 48.6 Å². The smallest absolute Gasteiger partial charge is 0.435 e. The van der Waals surface area contributed by atoms with E-state index in [4.69, 9.17) is 9.47 Å². The van der Waals surface area contributed by atoms with Crippen molar-refractivity contribution in [3.05, 3.63) is 59.7 Å². The van der Waals surface area contributed by atoms with Gasteiger partial charge in [-0.25, -0.2) is 4.79 Å². The monoisotopic (exact) mass is 435 g/mol. The maximum Gasteiger partial charge on any atom is 0.508 e. The first-order valence-electron chi connectivity index (χ1n) is 11.6. The Hall–Kier alpha value is -2.83. The first kappa shape index (κ1) is 22.4. The van der Waals surface area contributed by atoms with Crippen LogP contribution in [0.5, 0.6) is 0 Å². The molecule has 2 heterocycles. The lowest BCUT2D eigenvalue weighted by atomic mass is 10.1. The molecule has 4 rings (SSSR count). The van der Waals surface area contributed by atoms with Crippen LogP contribution in [0, 0.1) is 0 Å². The van der Waals surface area contributed by atoms with Crippen LogP contribution in [0.1, 0.15) is 24.5 Å². The van der Waals surface area contributed by atoms with Gasteiger partial charge in [-0.3, -0.25) is 4.90 Å². The Morgan fingerprint density at radius 2 is 1.34 bits per heavy atom. The lowest BCUT2D eigenvalue weighted by Gasteiger charge is -2.35. The van der Waals surface area contributed by atoms with Gasteiger partial charge in [0.05, 0.1) is 6.61 Å². The molecule has 0 spiro atoms. The number of nitrogens with zero attached hydrogens (tertiary/aromatic N) is 3. The van der Waals surface area contributed by atoms with Crippen LogP contribution >= 0.6 is 0 Å². The van der Waals surface area contributed by atoms with Crippen molar-refractivity contribution < 1.29 is 14.3 Å². The second kappa shape index (κ2) is 11.2. The van der Waals surface area contributed by atoms with E-state index < -0.39 is 6.16 Å². The molecule has 2 aliphatic heterocycles. The zero-order valence-corrected chi connectivity index (χ0v) is 18.9. The Morgan fingerprint density at radius 3 is 1.94 bits per heavy atom. The van der Waals surface area contributed by atoms with Crippen LogP contribution in [0.25, 0.3) is 12.2 Å². The van der Waals surface area contributed by atoms with E-state index in [1.165, 1.54) is 22.5 Å². The number of hydrogen-bond donors (Lipinski definition) is 0. The Balaban J connectivity index is 1.26. The third kappa shape index (κ3) is 5.69. The number of piperazine rings is 1. The van der Waals surface area contributed by atoms with Crippen LogP contribution in [-0.4, -0.2) is 75.0 Å². The summed E-state index contributed by atoms with van der Waals surface area (Å²) in [6, 6.07) is 17.3. The summed E-state index contributed by atoms with van der Waals surface area (Å²) in [7, 11) is 0. The molecule has 2 aliphatic rings. The van der Waals surface area contributed by atoms with Crippen molar-refractivity contribution in [3.63, 3.8) is 0 Å². The standard InChI is InChI=1S/C26H33N3O3/c1-2-31-26(30)32-21-20-28-18-16-27(17-19-28)14-7-15-29-24-10-5-3-8-22(24)12-13-23-9-4-6-11-25(23)29/h3-6,8-13H,2,7,14-21H2,1H3. The number of hydrogen-bond acceptors (Lipinski definition) is 6. The average molecular weight is 436 g/mol. The van der Waals surface area contributed by atoms with Gasteiger partial charge in [-0.2, -0.15) is 0 Å². The number of anilines is 2. The highest BCUT2D eigenvalue weighted by Gasteiger charge is 2.20. The first-order valence-corrected chi connectivity index (χ1v) is 11.6. The molecule has 2 aromatic rings. The van der Waals surface area contributed by atoms with Crippen molar-refractivity contribution in [1.29, 1.82) is 0 Å². The molecule has 0 N–H and O–H groups in total. The molecule has 0 unspecified atom stereocenters. The van der Waals surface area contributed by atoms with Gasteiger partial charge in [0.25, 0.3) is 0 Å². The summed E-state index contributed by atoms with van der Waals surface area (Å²) in [5, 5.41) is 0. The molecule has 0 saturated carbocycles. The fourth-order valence-electron chi connectivity index (χ4n) is 4.41. The van der Waals surface area contributed by atoms with E-state index in [0.717, 1.165) is 52.2 Å². The van der Waals surface area contributed by atoms with E-state index in [0.29, 0.717) is 13.2 Å². The maximum absolute atomic E-state index is 11.3. The van der Waals surface area contributed by atoms with Gasteiger partial charge in [0, 0.05) is 50.6 Å². The van der Waals surface area contributed by atoms with Crippen LogP contribution in [0.2, 0.25) is 0 Å². The molecule has 6 nitrogen and oxygen atoms in total. The number of carbonyl (C=O) groups is 1. The summed E-state index contributed by atoms with van der Waals surface area (Å²) >= 11 is 0. The van der Waals surface area contributed by atoms with Crippen molar-refractivity contribution in [2.75, 3.05) is 63.9 Å². The van der Waals surface area contributed by atoms with Crippen molar-refractivity contribution in [1.82, 2.24) is 9.80 Å². The quantitative estimate of drug-likeness (QED) is 0.570. The Labute approximate surface area is 191 Å². The molecular formula is C26H33N3O3. The first-order chi connectivity index (χ1) is 15.7. The second-order valence-corrected chi connectivity index (χ2v) is 8.17. The number of carbonyl (C=O) groups excluding carboxylic acids is 1. The van der Waals surface area contributed by atoms with Gasteiger partial charge in [-0.05, 0) is 43.1 Å². The molecule has 0 aliphatic carbocycles. The van der Waals surface area contributed by atoms with E-state index in [2.05, 4.69) is 75.4 Å². The fourth-order valence-corrected chi connectivity index (χ4v) is 4.41. The largest absolute Gasteiger partial charge is 0.508 e. The van der Waals surface area contributed by atoms with Crippen molar-refractivity contribution in [3.8, 4) is 0 Å². The third-order valence-corrected chi connectivity index (χ3v) is 6.11. The number of fused-ring (bicyclic) bond motifs is 2. The van der Waals surface area contributed by atoms with Crippen LogP contribution in [0.4, 0.5) is 16.2 Å². The van der Waals surface area contributed by atoms with Gasteiger partial charge in [0.2, 0.25) is 0 Å². The van der Waals surface area contributed by atoms with E-state index in [1.807, 2.05) is 0 Å². The average Bonchev–Trinajstić information content (AvgIpc) is 2.98. The van der Waals surface area contributed by atoms with Gasteiger partial charge in [-0.15, -0.1) is 0 Å². The molecule has 1 saturated heterocycles. The zero-order chi connectivity index (χ0) is 22.2. The number of rotatable bonds is 8. The Kier molecular flexibility index (Phi) is 7.80. The van der Waals surface area contributed by atoms with E-state index >= 15 is 0 Å². The predicted octanol–water partition coefficient (Wildman–Crippen LogP) is 4.49. The van der Waals surface area contributed by atoms with Crippen LogP contribution in [0.3, 0.4) is 0 Å². The minimum atomic E-state index is -0.571.